The monoisotopic (exact) mass is 286 g/mol. The third kappa shape index (κ3) is 3.66. The van der Waals surface area contributed by atoms with Gasteiger partial charge in [0, 0.05) is 6.07 Å². The molecule has 2 rings (SSSR count). The molecule has 21 heavy (non-hydrogen) atoms. The second kappa shape index (κ2) is 6.04. The molecule has 1 aromatic carbocycles. The normalized spacial score (nSPS) is 10.8. The molecule has 0 aliphatic heterocycles. The van der Waals surface area contributed by atoms with Crippen LogP contribution in [0.4, 0.5) is 5.69 Å². The topological polar surface area (TPSA) is 57.4 Å². The fraction of sp³-hybridized carbons (Fsp3) is 0.353. The van der Waals surface area contributed by atoms with E-state index in [1.54, 1.807) is 12.1 Å². The van der Waals surface area contributed by atoms with Gasteiger partial charge in [-0.1, -0.05) is 6.07 Å². The summed E-state index contributed by atoms with van der Waals surface area (Å²) in [6.07, 6.45) is 0.0120. The van der Waals surface area contributed by atoms with Crippen LogP contribution in [0.2, 0.25) is 0 Å². The molecule has 0 saturated heterocycles. The number of anilines is 1. The van der Waals surface area contributed by atoms with Crippen LogP contribution in [0.3, 0.4) is 0 Å². The van der Waals surface area contributed by atoms with Gasteiger partial charge in [0.25, 0.3) is 0 Å². The Morgan fingerprint density at radius 3 is 2.48 bits per heavy atom. The lowest BCUT2D eigenvalue weighted by Gasteiger charge is -2.14. The number of aromatic nitrogens is 1. The van der Waals surface area contributed by atoms with Gasteiger partial charge in [0.05, 0.1) is 11.8 Å². The smallest absolute Gasteiger partial charge is 0.240 e. The average molecular weight is 286 g/mol. The number of nitrogen functional groups attached to an aromatic ring is 1. The van der Waals surface area contributed by atoms with Crippen LogP contribution in [0.25, 0.3) is 0 Å². The maximum absolute atomic E-state index is 5.90. The minimum absolute atomic E-state index is 0.0120. The van der Waals surface area contributed by atoms with E-state index in [-0.39, 0.29) is 6.10 Å². The molecule has 0 aliphatic rings. The standard InChI is InChI=1S/C17H22N2O2/c1-10(2)20-17-14(18)6-7-16(19-17)21-15-9-11(3)8-12(4)13(15)5/h6-10H,18H2,1-5H3. The van der Waals surface area contributed by atoms with Crippen molar-refractivity contribution in [3.63, 3.8) is 0 Å². The van der Waals surface area contributed by atoms with Gasteiger partial charge in [-0.05, 0) is 63.4 Å². The largest absolute Gasteiger partial charge is 0.473 e. The van der Waals surface area contributed by atoms with Crippen molar-refractivity contribution in [2.45, 2.75) is 40.7 Å². The van der Waals surface area contributed by atoms with Crippen LogP contribution in [-0.4, -0.2) is 11.1 Å². The third-order valence-electron chi connectivity index (χ3n) is 3.19. The van der Waals surface area contributed by atoms with Gasteiger partial charge in [0.1, 0.15) is 5.75 Å². The second-order valence-corrected chi connectivity index (χ2v) is 5.52. The molecule has 0 aliphatic carbocycles. The van der Waals surface area contributed by atoms with Crippen molar-refractivity contribution < 1.29 is 9.47 Å². The fourth-order valence-electron chi connectivity index (χ4n) is 2.03. The molecule has 0 amide bonds. The number of nitrogens with zero attached hydrogens (tertiary/aromatic N) is 1. The first-order chi connectivity index (χ1) is 9.86. The van der Waals surface area contributed by atoms with Crippen LogP contribution >= 0.6 is 0 Å². The second-order valence-electron chi connectivity index (χ2n) is 5.52. The van der Waals surface area contributed by atoms with Crippen LogP contribution in [0.15, 0.2) is 24.3 Å². The lowest BCUT2D eigenvalue weighted by molar-refractivity contribution is 0.232. The summed E-state index contributed by atoms with van der Waals surface area (Å²) >= 11 is 0. The van der Waals surface area contributed by atoms with Gasteiger partial charge in [0.15, 0.2) is 0 Å². The van der Waals surface area contributed by atoms with Crippen LogP contribution in [-0.2, 0) is 0 Å². The minimum atomic E-state index is 0.0120. The highest BCUT2D eigenvalue weighted by Gasteiger charge is 2.10. The fourth-order valence-corrected chi connectivity index (χ4v) is 2.03. The highest BCUT2D eigenvalue weighted by atomic mass is 16.5. The van der Waals surface area contributed by atoms with E-state index in [4.69, 9.17) is 15.2 Å². The molecule has 0 bridgehead atoms. The zero-order chi connectivity index (χ0) is 15.6. The van der Waals surface area contributed by atoms with Gasteiger partial charge < -0.3 is 15.2 Å². The summed E-state index contributed by atoms with van der Waals surface area (Å²) in [5.74, 6) is 1.69. The highest BCUT2D eigenvalue weighted by molar-refractivity contribution is 5.50. The molecule has 0 fully saturated rings. The lowest BCUT2D eigenvalue weighted by Crippen LogP contribution is -2.09. The quantitative estimate of drug-likeness (QED) is 0.916. The highest BCUT2D eigenvalue weighted by Crippen LogP contribution is 2.30. The molecule has 2 N–H and O–H groups in total. The SMILES string of the molecule is Cc1cc(C)c(C)c(Oc2ccc(N)c(OC(C)C)n2)c1. The van der Waals surface area contributed by atoms with Crippen LogP contribution < -0.4 is 15.2 Å². The number of hydrogen-bond acceptors (Lipinski definition) is 4. The van der Waals surface area contributed by atoms with Gasteiger partial charge in [-0.3, -0.25) is 0 Å². The first-order valence-corrected chi connectivity index (χ1v) is 7.05. The number of ether oxygens (including phenoxy) is 2. The van der Waals surface area contributed by atoms with Gasteiger partial charge in [-0.2, -0.15) is 4.98 Å². The number of benzene rings is 1. The maximum Gasteiger partial charge on any atom is 0.240 e. The molecule has 1 aromatic heterocycles. The van der Waals surface area contributed by atoms with E-state index in [0.29, 0.717) is 17.4 Å². The molecule has 0 spiro atoms. The van der Waals surface area contributed by atoms with E-state index < -0.39 is 0 Å². The van der Waals surface area contributed by atoms with Crippen molar-refractivity contribution in [1.82, 2.24) is 4.98 Å². The summed E-state index contributed by atoms with van der Waals surface area (Å²) in [6.45, 7) is 10.0. The summed E-state index contributed by atoms with van der Waals surface area (Å²) in [4.78, 5) is 4.34. The zero-order valence-corrected chi connectivity index (χ0v) is 13.2. The van der Waals surface area contributed by atoms with Gasteiger partial charge in [-0.15, -0.1) is 0 Å². The predicted octanol–water partition coefficient (Wildman–Crippen LogP) is 4.17. The van der Waals surface area contributed by atoms with E-state index in [0.717, 1.165) is 16.9 Å². The summed E-state index contributed by atoms with van der Waals surface area (Å²) in [7, 11) is 0. The molecule has 1 heterocycles. The van der Waals surface area contributed by atoms with Crippen molar-refractivity contribution in [3.05, 3.63) is 41.0 Å². The van der Waals surface area contributed by atoms with Crippen molar-refractivity contribution in [1.29, 1.82) is 0 Å². The Kier molecular flexibility index (Phi) is 4.36. The van der Waals surface area contributed by atoms with Crippen molar-refractivity contribution in [2.75, 3.05) is 5.73 Å². The average Bonchev–Trinajstić information content (AvgIpc) is 2.38. The molecule has 112 valence electrons. The maximum atomic E-state index is 5.90. The Hall–Kier alpha value is -2.23. The lowest BCUT2D eigenvalue weighted by atomic mass is 10.1. The molecule has 4 nitrogen and oxygen atoms in total. The Morgan fingerprint density at radius 2 is 1.81 bits per heavy atom. The van der Waals surface area contributed by atoms with Gasteiger partial charge in [-0.25, -0.2) is 0 Å². The van der Waals surface area contributed by atoms with E-state index >= 15 is 0 Å². The molecule has 2 aromatic rings. The first kappa shape index (κ1) is 15.2. The third-order valence-corrected chi connectivity index (χ3v) is 3.19. The van der Waals surface area contributed by atoms with Crippen LogP contribution in [0.5, 0.6) is 17.5 Å². The predicted molar refractivity (Wildman–Crippen MR) is 85.1 cm³/mol. The Balaban J connectivity index is 2.32. The molecular formula is C17H22N2O2. The molecule has 4 heteroatoms. The first-order valence-electron chi connectivity index (χ1n) is 7.05. The summed E-state index contributed by atoms with van der Waals surface area (Å²) in [5, 5.41) is 0. The Morgan fingerprint density at radius 1 is 1.10 bits per heavy atom. The molecule has 0 unspecified atom stereocenters. The number of pyridine rings is 1. The Bertz CT molecular complexity index is 651. The van der Waals surface area contributed by atoms with E-state index in [1.165, 1.54) is 5.56 Å². The van der Waals surface area contributed by atoms with Crippen molar-refractivity contribution in [2.24, 2.45) is 0 Å². The summed E-state index contributed by atoms with van der Waals surface area (Å²) in [5.41, 5.74) is 9.82. The molecule has 0 radical (unpaired) electrons. The van der Waals surface area contributed by atoms with E-state index in [1.807, 2.05) is 33.8 Å². The van der Waals surface area contributed by atoms with Crippen LogP contribution in [0.1, 0.15) is 30.5 Å². The number of nitrogens with two attached hydrogens (primary N) is 1. The van der Waals surface area contributed by atoms with E-state index in [9.17, 15) is 0 Å². The van der Waals surface area contributed by atoms with Crippen molar-refractivity contribution in [3.8, 4) is 17.5 Å². The van der Waals surface area contributed by atoms with Gasteiger partial charge >= 0.3 is 0 Å². The summed E-state index contributed by atoms with van der Waals surface area (Å²) in [6, 6.07) is 7.63. The van der Waals surface area contributed by atoms with Crippen LogP contribution in [0, 0.1) is 20.8 Å². The number of aryl methyl sites for hydroxylation is 2. The van der Waals surface area contributed by atoms with Gasteiger partial charge in [0.2, 0.25) is 11.8 Å². The van der Waals surface area contributed by atoms with E-state index in [2.05, 4.69) is 18.0 Å². The molecular weight excluding hydrogens is 264 g/mol. The Labute approximate surface area is 125 Å². The minimum Gasteiger partial charge on any atom is -0.473 e. The molecule has 0 atom stereocenters. The number of hydrogen-bond donors (Lipinski definition) is 1. The molecule has 0 saturated carbocycles. The summed E-state index contributed by atoms with van der Waals surface area (Å²) < 4.78 is 11.5. The zero-order valence-electron chi connectivity index (χ0n) is 13.2. The van der Waals surface area contributed by atoms with Crippen molar-refractivity contribution >= 4 is 5.69 Å². The number of rotatable bonds is 4.